The Labute approximate surface area is 78.8 Å². The van der Waals surface area contributed by atoms with E-state index in [0.29, 0.717) is 0 Å². The molecule has 0 spiro atoms. The van der Waals surface area contributed by atoms with E-state index >= 15 is 0 Å². The highest BCUT2D eigenvalue weighted by atomic mass is 16.5. The Morgan fingerprint density at radius 2 is 2.31 bits per heavy atom. The van der Waals surface area contributed by atoms with Crippen LogP contribution in [0.4, 0.5) is 0 Å². The van der Waals surface area contributed by atoms with E-state index in [1.165, 1.54) is 0 Å². The number of nitriles is 1. The Morgan fingerprint density at radius 3 is 2.85 bits per heavy atom. The van der Waals surface area contributed by atoms with Gasteiger partial charge in [0.2, 0.25) is 0 Å². The monoisotopic (exact) mass is 174 g/mol. The van der Waals surface area contributed by atoms with Gasteiger partial charge in [0.05, 0.1) is 11.6 Å². The lowest BCUT2D eigenvalue weighted by Gasteiger charge is -2.07. The molecule has 2 nitrogen and oxygen atoms in total. The van der Waals surface area contributed by atoms with E-state index in [4.69, 9.17) is 10.00 Å². The van der Waals surface area contributed by atoms with Gasteiger partial charge in [-0.1, -0.05) is 19.1 Å². The average molecular weight is 174 g/mol. The summed E-state index contributed by atoms with van der Waals surface area (Å²) in [5.74, 6) is 0. The van der Waals surface area contributed by atoms with Crippen LogP contribution in [0.5, 0.6) is 0 Å². The van der Waals surface area contributed by atoms with Gasteiger partial charge in [-0.05, 0) is 23.6 Å². The molecule has 1 aromatic carbocycles. The molecule has 0 saturated heterocycles. The van der Waals surface area contributed by atoms with Crippen molar-refractivity contribution in [3.8, 4) is 6.07 Å². The summed E-state index contributed by atoms with van der Waals surface area (Å²) >= 11 is 0. The second kappa shape index (κ2) is 4.64. The molecule has 0 amide bonds. The maximum Gasteiger partial charge on any atom is 0.113 e. The normalized spacial score (nSPS) is 9.62. The Balaban J connectivity index is 3.13. The molecular weight excluding hydrogens is 162 g/mol. The summed E-state index contributed by atoms with van der Waals surface area (Å²) in [5.41, 5.74) is 2.77. The average Bonchev–Trinajstić information content (AvgIpc) is 2.18. The highest BCUT2D eigenvalue weighted by Crippen LogP contribution is 2.16. The van der Waals surface area contributed by atoms with Crippen LogP contribution in [0.15, 0.2) is 18.2 Å². The lowest BCUT2D eigenvalue weighted by atomic mass is 10.0. The zero-order valence-electron chi connectivity index (χ0n) is 7.87. The first-order valence-electron chi connectivity index (χ1n) is 4.21. The molecule has 1 aromatic rings. The molecule has 1 rings (SSSR count). The van der Waals surface area contributed by atoms with Crippen LogP contribution in [0.3, 0.4) is 0 Å². The van der Waals surface area contributed by atoms with Crippen LogP contribution in [-0.4, -0.2) is 7.11 Å². The van der Waals surface area contributed by atoms with Gasteiger partial charge in [-0.2, -0.15) is 5.26 Å². The van der Waals surface area contributed by atoms with Crippen molar-refractivity contribution >= 4 is 0 Å². The van der Waals surface area contributed by atoms with Crippen molar-refractivity contribution in [2.24, 2.45) is 0 Å². The molecule has 0 atom stereocenters. The third-order valence-corrected chi connectivity index (χ3v) is 1.93. The first kappa shape index (κ1) is 9.76. The molecule has 1 radical (unpaired) electrons. The first-order chi connectivity index (χ1) is 6.33. The third kappa shape index (κ3) is 2.07. The second-order valence-corrected chi connectivity index (χ2v) is 2.69. The van der Waals surface area contributed by atoms with Crippen molar-refractivity contribution in [3.63, 3.8) is 0 Å². The first-order valence-corrected chi connectivity index (χ1v) is 4.21. The van der Waals surface area contributed by atoms with E-state index in [9.17, 15) is 0 Å². The molecule has 67 valence electrons. The van der Waals surface area contributed by atoms with Crippen LogP contribution in [0, 0.1) is 17.9 Å². The van der Waals surface area contributed by atoms with Crippen LogP contribution >= 0.6 is 0 Å². The lowest BCUT2D eigenvalue weighted by molar-refractivity contribution is 0.292. The molecule has 0 unspecified atom stereocenters. The Hall–Kier alpha value is -1.33. The van der Waals surface area contributed by atoms with Crippen molar-refractivity contribution < 1.29 is 4.74 Å². The maximum absolute atomic E-state index is 8.84. The third-order valence-electron chi connectivity index (χ3n) is 1.93. The molecule has 13 heavy (non-hydrogen) atoms. The van der Waals surface area contributed by atoms with Gasteiger partial charge in [-0.15, -0.1) is 0 Å². The van der Waals surface area contributed by atoms with E-state index in [-0.39, 0.29) is 0 Å². The Bertz CT molecular complexity index is 325. The Kier molecular flexibility index (Phi) is 3.48. The van der Waals surface area contributed by atoms with E-state index in [1.54, 1.807) is 13.7 Å². The number of rotatable bonds is 3. The van der Waals surface area contributed by atoms with Crippen LogP contribution in [-0.2, 0) is 11.2 Å². The molecule has 0 bridgehead atoms. The lowest BCUT2D eigenvalue weighted by Crippen LogP contribution is -1.95. The summed E-state index contributed by atoms with van der Waals surface area (Å²) in [6, 6.07) is 7.81. The number of methoxy groups -OCH3 is 1. The van der Waals surface area contributed by atoms with E-state index in [2.05, 4.69) is 6.07 Å². The number of nitrogens with zero attached hydrogens (tertiary/aromatic N) is 1. The summed E-state index contributed by atoms with van der Waals surface area (Å²) in [6.07, 6.45) is 0.846. The summed E-state index contributed by atoms with van der Waals surface area (Å²) < 4.78 is 4.94. The Morgan fingerprint density at radius 1 is 1.54 bits per heavy atom. The molecule has 0 aromatic heterocycles. The van der Waals surface area contributed by atoms with Crippen molar-refractivity contribution in [1.29, 1.82) is 5.26 Å². The zero-order chi connectivity index (χ0) is 9.68. The second-order valence-electron chi connectivity index (χ2n) is 2.69. The standard InChI is InChI=1S/C11H12NO/c1-3-11-9(7-12)5-4-6-10(11)8-13-2/h4-6,8H,3H2,1-2H3. The van der Waals surface area contributed by atoms with E-state index in [1.807, 2.05) is 25.1 Å². The molecule has 0 N–H and O–H groups in total. The molecule has 0 aliphatic rings. The molecule has 0 heterocycles. The number of benzene rings is 1. The predicted octanol–water partition coefficient (Wildman–Crippen LogP) is 2.28. The van der Waals surface area contributed by atoms with Crippen molar-refractivity contribution in [2.75, 3.05) is 7.11 Å². The molecule has 0 fully saturated rings. The van der Waals surface area contributed by atoms with Crippen molar-refractivity contribution in [3.05, 3.63) is 41.5 Å². The smallest absolute Gasteiger partial charge is 0.113 e. The van der Waals surface area contributed by atoms with Gasteiger partial charge in [-0.3, -0.25) is 0 Å². The van der Waals surface area contributed by atoms with Crippen LogP contribution in [0.25, 0.3) is 0 Å². The minimum atomic E-state index is 0.730. The maximum atomic E-state index is 8.84. The highest BCUT2D eigenvalue weighted by molar-refractivity contribution is 5.44. The number of hydrogen-bond acceptors (Lipinski definition) is 2. The minimum Gasteiger partial charge on any atom is -0.374 e. The van der Waals surface area contributed by atoms with Gasteiger partial charge in [-0.25, -0.2) is 0 Å². The summed E-state index contributed by atoms with van der Waals surface area (Å²) in [7, 11) is 1.61. The topological polar surface area (TPSA) is 33.0 Å². The number of hydrogen-bond donors (Lipinski definition) is 0. The van der Waals surface area contributed by atoms with Gasteiger partial charge in [0, 0.05) is 7.11 Å². The zero-order valence-corrected chi connectivity index (χ0v) is 7.87. The fraction of sp³-hybridized carbons (Fsp3) is 0.273. The fourth-order valence-electron chi connectivity index (χ4n) is 1.34. The number of ether oxygens (including phenoxy) is 1. The quantitative estimate of drug-likeness (QED) is 0.704. The van der Waals surface area contributed by atoms with E-state index < -0.39 is 0 Å². The molecule has 0 saturated carbocycles. The van der Waals surface area contributed by atoms with Crippen molar-refractivity contribution in [2.45, 2.75) is 13.3 Å². The fourth-order valence-corrected chi connectivity index (χ4v) is 1.34. The molecular formula is C11H12NO. The van der Waals surface area contributed by atoms with Crippen LogP contribution in [0.1, 0.15) is 23.6 Å². The summed E-state index contributed by atoms with van der Waals surface area (Å²) in [4.78, 5) is 0. The van der Waals surface area contributed by atoms with Crippen LogP contribution in [0.2, 0.25) is 0 Å². The van der Waals surface area contributed by atoms with E-state index in [0.717, 1.165) is 23.1 Å². The molecule has 0 aliphatic heterocycles. The van der Waals surface area contributed by atoms with Gasteiger partial charge < -0.3 is 4.74 Å². The van der Waals surface area contributed by atoms with Crippen molar-refractivity contribution in [1.82, 2.24) is 0 Å². The summed E-state index contributed by atoms with van der Waals surface area (Å²) in [6.45, 7) is 3.70. The highest BCUT2D eigenvalue weighted by Gasteiger charge is 2.05. The van der Waals surface area contributed by atoms with Crippen LogP contribution < -0.4 is 0 Å². The van der Waals surface area contributed by atoms with Gasteiger partial charge in [0.15, 0.2) is 0 Å². The van der Waals surface area contributed by atoms with Gasteiger partial charge in [0.25, 0.3) is 0 Å². The minimum absolute atomic E-state index is 0.730. The van der Waals surface area contributed by atoms with Gasteiger partial charge >= 0.3 is 0 Å². The largest absolute Gasteiger partial charge is 0.374 e. The summed E-state index contributed by atoms with van der Waals surface area (Å²) in [5, 5.41) is 8.84. The SMILES string of the molecule is CCc1c(C#N)cccc1[CH]OC. The predicted molar refractivity (Wildman–Crippen MR) is 50.9 cm³/mol. The molecule has 0 aliphatic carbocycles. The van der Waals surface area contributed by atoms with Gasteiger partial charge in [0.1, 0.15) is 6.61 Å². The molecule has 2 heteroatoms.